The lowest BCUT2D eigenvalue weighted by Crippen LogP contribution is -2.29. The number of ether oxygens (including phenoxy) is 2. The molecule has 1 N–H and O–H groups in total. The Morgan fingerprint density at radius 3 is 2.17 bits per heavy atom. The van der Waals surface area contributed by atoms with Gasteiger partial charge >= 0.3 is 5.97 Å². The maximum Gasteiger partial charge on any atom is 0.338 e. The first-order valence-corrected chi connectivity index (χ1v) is 15.4. The number of hydrogen-bond donors (Lipinski definition) is 1. The summed E-state index contributed by atoms with van der Waals surface area (Å²) in [6, 6.07) is 10.1. The van der Waals surface area contributed by atoms with Crippen molar-refractivity contribution in [1.29, 1.82) is 0 Å². The number of hydrogen-bond acceptors (Lipinski definition) is 5. The number of ketones is 1. The second-order valence-corrected chi connectivity index (χ2v) is 11.7. The number of carbonyl (C=O) groups is 2. The van der Waals surface area contributed by atoms with E-state index in [9.17, 15) is 19.1 Å². The van der Waals surface area contributed by atoms with Crippen LogP contribution in [0.3, 0.4) is 0 Å². The molecule has 5 nitrogen and oxygen atoms in total. The van der Waals surface area contributed by atoms with Gasteiger partial charge in [0.2, 0.25) is 5.82 Å². The summed E-state index contributed by atoms with van der Waals surface area (Å²) in [6.07, 6.45) is 13.8. The Labute approximate surface area is 238 Å². The Balaban J connectivity index is 1.18. The standard InChI is InChI=1S/C34H45FO5/c1-3-6-23-9-13-25(14-10-23)26-17-19-28(20-18-26)40-34(38)27-15-11-24(12-16-27)7-5-8-30(36)29-21-22-31(39-4-2)32(35)33(29)37/h11-12,15-16,21-23,25-26,28,37H,3-10,13-14,17-20H2,1-2H3. The summed E-state index contributed by atoms with van der Waals surface area (Å²) < 4.78 is 25.2. The van der Waals surface area contributed by atoms with Crippen LogP contribution in [0.4, 0.5) is 4.39 Å². The molecule has 218 valence electrons. The molecular formula is C34H45FO5. The van der Waals surface area contributed by atoms with Gasteiger partial charge in [0.1, 0.15) is 6.10 Å². The zero-order valence-corrected chi connectivity index (χ0v) is 24.1. The van der Waals surface area contributed by atoms with Gasteiger partial charge < -0.3 is 14.6 Å². The highest BCUT2D eigenvalue weighted by molar-refractivity contribution is 5.98. The van der Waals surface area contributed by atoms with Gasteiger partial charge in [-0.15, -0.1) is 0 Å². The van der Waals surface area contributed by atoms with Gasteiger partial charge in [0.05, 0.1) is 17.7 Å². The summed E-state index contributed by atoms with van der Waals surface area (Å²) in [7, 11) is 0. The summed E-state index contributed by atoms with van der Waals surface area (Å²) in [5, 5.41) is 10.1. The normalized spacial score (nSPS) is 23.0. The highest BCUT2D eigenvalue weighted by Gasteiger charge is 2.32. The average molecular weight is 553 g/mol. The third-order valence-electron chi connectivity index (χ3n) is 8.99. The number of phenols is 1. The maximum absolute atomic E-state index is 14.2. The van der Waals surface area contributed by atoms with E-state index in [0.29, 0.717) is 18.4 Å². The number of benzene rings is 2. The summed E-state index contributed by atoms with van der Waals surface area (Å²) in [5.41, 5.74) is 1.51. The number of Topliss-reactive ketones (excluding diaryl/α,β-unsaturated/α-hetero) is 1. The summed E-state index contributed by atoms with van der Waals surface area (Å²) >= 11 is 0. The van der Waals surface area contributed by atoms with E-state index in [1.54, 1.807) is 19.1 Å². The zero-order chi connectivity index (χ0) is 28.5. The van der Waals surface area contributed by atoms with Crippen LogP contribution in [0, 0.1) is 23.6 Å². The van der Waals surface area contributed by atoms with E-state index >= 15 is 0 Å². The number of aromatic hydroxyl groups is 1. The molecule has 0 amide bonds. The van der Waals surface area contributed by atoms with E-state index in [1.165, 1.54) is 63.5 Å². The Bertz CT molecular complexity index is 1110. The van der Waals surface area contributed by atoms with Crippen molar-refractivity contribution in [2.75, 3.05) is 6.61 Å². The molecule has 2 aliphatic rings. The van der Waals surface area contributed by atoms with Crippen LogP contribution >= 0.6 is 0 Å². The lowest BCUT2D eigenvalue weighted by Gasteiger charge is -2.37. The van der Waals surface area contributed by atoms with Crippen LogP contribution in [0.1, 0.15) is 117 Å². The van der Waals surface area contributed by atoms with Gasteiger partial charge in [-0.3, -0.25) is 4.79 Å². The van der Waals surface area contributed by atoms with E-state index in [4.69, 9.17) is 9.47 Å². The fraction of sp³-hybridized carbons (Fsp3) is 0.588. The molecule has 0 aliphatic heterocycles. The van der Waals surface area contributed by atoms with Crippen LogP contribution in [0.25, 0.3) is 0 Å². The fourth-order valence-corrected chi connectivity index (χ4v) is 6.69. The van der Waals surface area contributed by atoms with Gasteiger partial charge in [-0.05, 0) is 106 Å². The third kappa shape index (κ3) is 7.86. The molecule has 2 saturated carbocycles. The molecule has 2 fully saturated rings. The minimum absolute atomic E-state index is 0.00900. The number of aryl methyl sites for hydroxylation is 1. The number of esters is 1. The van der Waals surface area contributed by atoms with Gasteiger partial charge in [-0.2, -0.15) is 4.39 Å². The predicted octanol–water partition coefficient (Wildman–Crippen LogP) is 8.46. The van der Waals surface area contributed by atoms with Crippen molar-refractivity contribution < 1.29 is 28.6 Å². The first kappa shape index (κ1) is 30.1. The molecule has 0 heterocycles. The van der Waals surface area contributed by atoms with Crippen LogP contribution in [-0.2, 0) is 11.2 Å². The van der Waals surface area contributed by atoms with Gasteiger partial charge in [0.15, 0.2) is 17.3 Å². The Morgan fingerprint density at radius 1 is 0.900 bits per heavy atom. The Morgan fingerprint density at radius 2 is 1.55 bits per heavy atom. The maximum atomic E-state index is 14.2. The van der Waals surface area contributed by atoms with Gasteiger partial charge in [0.25, 0.3) is 0 Å². The van der Waals surface area contributed by atoms with Crippen LogP contribution in [-0.4, -0.2) is 29.6 Å². The van der Waals surface area contributed by atoms with E-state index in [2.05, 4.69) is 6.92 Å². The molecule has 0 radical (unpaired) electrons. The first-order valence-electron chi connectivity index (χ1n) is 15.4. The lowest BCUT2D eigenvalue weighted by atomic mass is 9.70. The largest absolute Gasteiger partial charge is 0.504 e. The fourth-order valence-electron chi connectivity index (χ4n) is 6.69. The second-order valence-electron chi connectivity index (χ2n) is 11.7. The molecule has 0 atom stereocenters. The molecule has 0 aromatic heterocycles. The molecule has 0 bridgehead atoms. The smallest absolute Gasteiger partial charge is 0.338 e. The topological polar surface area (TPSA) is 72.8 Å². The van der Waals surface area contributed by atoms with E-state index < -0.39 is 11.6 Å². The van der Waals surface area contributed by atoms with Gasteiger partial charge in [-0.1, -0.05) is 44.7 Å². The van der Waals surface area contributed by atoms with Crippen molar-refractivity contribution in [1.82, 2.24) is 0 Å². The molecule has 2 aromatic rings. The Hall–Kier alpha value is -2.89. The van der Waals surface area contributed by atoms with Crippen LogP contribution in [0.15, 0.2) is 36.4 Å². The summed E-state index contributed by atoms with van der Waals surface area (Å²) in [5.74, 6) is 0.368. The molecule has 0 spiro atoms. The molecule has 40 heavy (non-hydrogen) atoms. The lowest BCUT2D eigenvalue weighted by molar-refractivity contribution is 0.0109. The van der Waals surface area contributed by atoms with Crippen molar-refractivity contribution >= 4 is 11.8 Å². The highest BCUT2D eigenvalue weighted by Crippen LogP contribution is 2.41. The van der Waals surface area contributed by atoms with Crippen LogP contribution in [0.2, 0.25) is 0 Å². The predicted molar refractivity (Wildman–Crippen MR) is 154 cm³/mol. The van der Waals surface area contributed by atoms with Gasteiger partial charge in [0, 0.05) is 6.42 Å². The monoisotopic (exact) mass is 552 g/mol. The molecule has 2 aliphatic carbocycles. The summed E-state index contributed by atoms with van der Waals surface area (Å²) in [6.45, 7) is 4.27. The number of halogens is 1. The van der Waals surface area contributed by atoms with E-state index in [0.717, 1.165) is 36.2 Å². The third-order valence-corrected chi connectivity index (χ3v) is 8.99. The Kier molecular flexibility index (Phi) is 11.0. The number of phenolic OH excluding ortho intramolecular Hbond substituents is 1. The van der Waals surface area contributed by atoms with E-state index in [-0.39, 0.29) is 42.2 Å². The SMILES string of the molecule is CCCC1CCC(C2CCC(OC(=O)c3ccc(CCCC(=O)c4ccc(OCC)c(F)c4O)cc3)CC2)CC1. The molecule has 0 saturated heterocycles. The minimum atomic E-state index is -0.909. The van der Waals surface area contributed by atoms with Gasteiger partial charge in [-0.25, -0.2) is 4.79 Å². The van der Waals surface area contributed by atoms with Crippen molar-refractivity contribution in [3.05, 3.63) is 58.9 Å². The average Bonchev–Trinajstić information content (AvgIpc) is 2.97. The highest BCUT2D eigenvalue weighted by atomic mass is 19.1. The molecular weight excluding hydrogens is 507 g/mol. The van der Waals surface area contributed by atoms with Crippen molar-refractivity contribution in [2.24, 2.45) is 17.8 Å². The molecule has 0 unspecified atom stereocenters. The second kappa shape index (κ2) is 14.7. The number of rotatable bonds is 12. The van der Waals surface area contributed by atoms with E-state index in [1.807, 2.05) is 12.1 Å². The quantitative estimate of drug-likeness (QED) is 0.211. The first-order chi connectivity index (χ1) is 19.4. The van der Waals surface area contributed by atoms with Crippen LogP contribution < -0.4 is 4.74 Å². The molecule has 2 aromatic carbocycles. The number of carbonyl (C=O) groups excluding carboxylic acids is 2. The van der Waals surface area contributed by atoms with Crippen LogP contribution in [0.5, 0.6) is 11.5 Å². The minimum Gasteiger partial charge on any atom is -0.504 e. The summed E-state index contributed by atoms with van der Waals surface area (Å²) in [4.78, 5) is 25.3. The van der Waals surface area contributed by atoms with Crippen molar-refractivity contribution in [2.45, 2.75) is 103 Å². The molecule has 6 heteroatoms. The zero-order valence-electron chi connectivity index (χ0n) is 24.1. The molecule has 4 rings (SSSR count). The van der Waals surface area contributed by atoms with Crippen molar-refractivity contribution in [3.63, 3.8) is 0 Å². The van der Waals surface area contributed by atoms with Crippen molar-refractivity contribution in [3.8, 4) is 11.5 Å².